The molecule has 4 nitrogen and oxygen atoms in total. The normalized spacial score (nSPS) is 10.5. The topological polar surface area (TPSA) is 57.2 Å². The van der Waals surface area contributed by atoms with E-state index in [9.17, 15) is 4.79 Å². The summed E-state index contributed by atoms with van der Waals surface area (Å²) in [6.07, 6.45) is 1.69. The van der Waals surface area contributed by atoms with E-state index in [0.29, 0.717) is 22.9 Å². The summed E-state index contributed by atoms with van der Waals surface area (Å²) in [7, 11) is 1.34. The summed E-state index contributed by atoms with van der Waals surface area (Å²) >= 11 is 9.51. The number of esters is 1. The predicted molar refractivity (Wildman–Crippen MR) is 78.4 cm³/mol. The Labute approximate surface area is 124 Å². The highest BCUT2D eigenvalue weighted by atomic mass is 79.9. The number of nitrogens with two attached hydrogens (primary N) is 1. The third kappa shape index (κ3) is 3.11. The number of ether oxygens (including phenoxy) is 1. The average Bonchev–Trinajstić information content (AvgIpc) is 2.73. The SMILES string of the molecule is COC(=O)c1cc(N)cn1Cc1ccc(Br)cc1Cl. The molecule has 100 valence electrons. The Kier molecular flexibility index (Phi) is 4.17. The molecule has 0 amide bonds. The molecule has 0 unspecified atom stereocenters. The van der Waals surface area contributed by atoms with E-state index in [1.165, 1.54) is 7.11 Å². The highest BCUT2D eigenvalue weighted by Gasteiger charge is 2.14. The Morgan fingerprint density at radius 3 is 2.84 bits per heavy atom. The molecule has 0 aliphatic carbocycles. The molecule has 19 heavy (non-hydrogen) atoms. The van der Waals surface area contributed by atoms with Crippen LogP contribution in [0.2, 0.25) is 5.02 Å². The Morgan fingerprint density at radius 2 is 2.21 bits per heavy atom. The molecule has 0 fully saturated rings. The van der Waals surface area contributed by atoms with Gasteiger partial charge in [-0.2, -0.15) is 0 Å². The van der Waals surface area contributed by atoms with Crippen LogP contribution in [0.5, 0.6) is 0 Å². The smallest absolute Gasteiger partial charge is 0.354 e. The van der Waals surface area contributed by atoms with Gasteiger partial charge >= 0.3 is 5.97 Å². The molecule has 0 saturated carbocycles. The molecule has 6 heteroatoms. The molecule has 0 spiro atoms. The molecule has 1 heterocycles. The minimum Gasteiger partial charge on any atom is -0.464 e. The van der Waals surface area contributed by atoms with E-state index in [0.717, 1.165) is 10.0 Å². The lowest BCUT2D eigenvalue weighted by atomic mass is 10.2. The number of nitrogens with zero attached hydrogens (tertiary/aromatic N) is 1. The highest BCUT2D eigenvalue weighted by molar-refractivity contribution is 9.10. The minimum atomic E-state index is -0.426. The van der Waals surface area contributed by atoms with Gasteiger partial charge in [0.1, 0.15) is 5.69 Å². The zero-order valence-electron chi connectivity index (χ0n) is 10.2. The summed E-state index contributed by atoms with van der Waals surface area (Å²) in [6, 6.07) is 7.18. The van der Waals surface area contributed by atoms with Crippen molar-refractivity contribution in [1.29, 1.82) is 0 Å². The fourth-order valence-electron chi connectivity index (χ4n) is 1.77. The van der Waals surface area contributed by atoms with Crippen molar-refractivity contribution in [3.8, 4) is 0 Å². The van der Waals surface area contributed by atoms with E-state index in [-0.39, 0.29) is 0 Å². The van der Waals surface area contributed by atoms with Gasteiger partial charge in [0, 0.05) is 22.2 Å². The molecule has 0 bridgehead atoms. The van der Waals surface area contributed by atoms with E-state index >= 15 is 0 Å². The molecule has 1 aromatic heterocycles. The van der Waals surface area contributed by atoms with Crippen molar-refractivity contribution in [2.24, 2.45) is 0 Å². The Hall–Kier alpha value is -1.46. The number of hydrogen-bond donors (Lipinski definition) is 1. The molecule has 0 aliphatic heterocycles. The first-order valence-corrected chi connectivity index (χ1v) is 6.66. The lowest BCUT2D eigenvalue weighted by molar-refractivity contribution is 0.0589. The molecular formula is C13H12BrClN2O2. The molecule has 0 aliphatic rings. The first-order valence-electron chi connectivity index (χ1n) is 5.49. The number of anilines is 1. The second kappa shape index (κ2) is 5.67. The van der Waals surface area contributed by atoms with Gasteiger partial charge in [-0.15, -0.1) is 0 Å². The van der Waals surface area contributed by atoms with Gasteiger partial charge < -0.3 is 15.0 Å². The van der Waals surface area contributed by atoms with Crippen LogP contribution >= 0.6 is 27.5 Å². The van der Waals surface area contributed by atoms with E-state index in [4.69, 9.17) is 22.1 Å². The standard InChI is InChI=1S/C13H12BrClN2O2/c1-19-13(18)12-5-10(16)7-17(12)6-8-2-3-9(14)4-11(8)15/h2-5,7H,6,16H2,1H3. The van der Waals surface area contributed by atoms with Gasteiger partial charge in [-0.3, -0.25) is 0 Å². The van der Waals surface area contributed by atoms with Gasteiger partial charge in [0.15, 0.2) is 0 Å². The number of rotatable bonds is 3. The van der Waals surface area contributed by atoms with Crippen LogP contribution < -0.4 is 5.73 Å². The summed E-state index contributed by atoms with van der Waals surface area (Å²) in [5.74, 6) is -0.426. The lowest BCUT2D eigenvalue weighted by Gasteiger charge is -2.09. The number of carbonyl (C=O) groups excluding carboxylic acids is 1. The molecular weight excluding hydrogens is 332 g/mol. The summed E-state index contributed by atoms with van der Waals surface area (Å²) in [5, 5.41) is 0.623. The van der Waals surface area contributed by atoms with Crippen LogP contribution in [0, 0.1) is 0 Å². The van der Waals surface area contributed by atoms with Gasteiger partial charge in [0.25, 0.3) is 0 Å². The number of benzene rings is 1. The van der Waals surface area contributed by atoms with Crippen molar-refractivity contribution in [3.63, 3.8) is 0 Å². The second-order valence-corrected chi connectivity index (χ2v) is 5.34. The summed E-state index contributed by atoms with van der Waals surface area (Å²) in [6.45, 7) is 0.452. The van der Waals surface area contributed by atoms with Crippen molar-refractivity contribution in [2.45, 2.75) is 6.54 Å². The molecule has 1 aromatic carbocycles. The van der Waals surface area contributed by atoms with Crippen LogP contribution in [0.1, 0.15) is 16.1 Å². The van der Waals surface area contributed by atoms with Crippen molar-refractivity contribution in [3.05, 3.63) is 51.2 Å². The molecule has 0 atom stereocenters. The highest BCUT2D eigenvalue weighted by Crippen LogP contribution is 2.23. The van der Waals surface area contributed by atoms with E-state index in [1.807, 2.05) is 18.2 Å². The van der Waals surface area contributed by atoms with Crippen LogP contribution in [0.15, 0.2) is 34.9 Å². The monoisotopic (exact) mass is 342 g/mol. The number of carbonyl (C=O) groups is 1. The zero-order valence-corrected chi connectivity index (χ0v) is 12.5. The molecule has 2 N–H and O–H groups in total. The van der Waals surface area contributed by atoms with Crippen molar-refractivity contribution in [2.75, 3.05) is 12.8 Å². The Bertz CT molecular complexity index is 625. The maximum Gasteiger partial charge on any atom is 0.354 e. The quantitative estimate of drug-likeness (QED) is 0.870. The van der Waals surface area contributed by atoms with Crippen LogP contribution in [0.3, 0.4) is 0 Å². The molecule has 2 aromatic rings. The maximum atomic E-state index is 11.6. The van der Waals surface area contributed by atoms with E-state index in [1.54, 1.807) is 16.8 Å². The summed E-state index contributed by atoms with van der Waals surface area (Å²) < 4.78 is 7.34. The number of halogens is 2. The average molecular weight is 344 g/mol. The largest absolute Gasteiger partial charge is 0.464 e. The van der Waals surface area contributed by atoms with E-state index < -0.39 is 5.97 Å². The van der Waals surface area contributed by atoms with E-state index in [2.05, 4.69) is 15.9 Å². The van der Waals surface area contributed by atoms with Gasteiger partial charge in [-0.25, -0.2) is 4.79 Å². The summed E-state index contributed by atoms with van der Waals surface area (Å²) in [5.41, 5.74) is 7.52. The minimum absolute atomic E-state index is 0.402. The molecule has 0 radical (unpaired) electrons. The number of aromatic nitrogens is 1. The van der Waals surface area contributed by atoms with Gasteiger partial charge in [-0.05, 0) is 23.8 Å². The predicted octanol–water partition coefficient (Wildman–Crippen LogP) is 3.32. The van der Waals surface area contributed by atoms with Crippen molar-refractivity contribution >= 4 is 39.2 Å². The number of methoxy groups -OCH3 is 1. The van der Waals surface area contributed by atoms with Gasteiger partial charge in [0.2, 0.25) is 0 Å². The fourth-order valence-corrected chi connectivity index (χ4v) is 2.51. The molecule has 0 saturated heterocycles. The van der Waals surface area contributed by atoms with Crippen molar-refractivity contribution in [1.82, 2.24) is 4.57 Å². The van der Waals surface area contributed by atoms with Crippen LogP contribution in [0.4, 0.5) is 5.69 Å². The Balaban J connectivity index is 2.35. The van der Waals surface area contributed by atoms with Crippen LogP contribution in [0.25, 0.3) is 0 Å². The third-order valence-electron chi connectivity index (χ3n) is 2.67. The molecule has 2 rings (SSSR count). The van der Waals surface area contributed by atoms with Gasteiger partial charge in [-0.1, -0.05) is 33.6 Å². The van der Waals surface area contributed by atoms with Crippen molar-refractivity contribution < 1.29 is 9.53 Å². The van der Waals surface area contributed by atoms with Crippen LogP contribution in [-0.2, 0) is 11.3 Å². The fraction of sp³-hybridized carbons (Fsp3) is 0.154. The van der Waals surface area contributed by atoms with Gasteiger partial charge in [0.05, 0.1) is 12.8 Å². The second-order valence-electron chi connectivity index (χ2n) is 4.01. The summed E-state index contributed by atoms with van der Waals surface area (Å²) in [4.78, 5) is 11.6. The number of nitrogen functional groups attached to an aromatic ring is 1. The third-order valence-corrected chi connectivity index (χ3v) is 3.51. The lowest BCUT2D eigenvalue weighted by Crippen LogP contribution is -2.10. The first-order chi connectivity index (χ1) is 9.01. The maximum absolute atomic E-state index is 11.6. The zero-order chi connectivity index (χ0) is 14.0. The number of hydrogen-bond acceptors (Lipinski definition) is 3. The van der Waals surface area contributed by atoms with Crippen LogP contribution in [-0.4, -0.2) is 17.6 Å². The first kappa shape index (κ1) is 14.0. The Morgan fingerprint density at radius 1 is 1.47 bits per heavy atom.